The van der Waals surface area contributed by atoms with E-state index >= 15 is 0 Å². The molecule has 0 N–H and O–H groups in total. The summed E-state index contributed by atoms with van der Waals surface area (Å²) in [6.07, 6.45) is 2.43. The molecule has 1 spiro atoms. The van der Waals surface area contributed by atoms with Gasteiger partial charge in [0, 0.05) is 23.9 Å². The summed E-state index contributed by atoms with van der Waals surface area (Å²) in [5.41, 5.74) is 1.68. The minimum atomic E-state index is -0.678. The number of esters is 1. The Morgan fingerprint density at radius 3 is 2.76 bits per heavy atom. The molecule has 1 aromatic carbocycles. The van der Waals surface area contributed by atoms with Gasteiger partial charge in [0.15, 0.2) is 0 Å². The maximum atomic E-state index is 12.6. The Morgan fingerprint density at radius 1 is 1.33 bits per heavy atom. The van der Waals surface area contributed by atoms with Gasteiger partial charge in [0.1, 0.15) is 11.1 Å². The lowest BCUT2D eigenvalue weighted by Crippen LogP contribution is -2.39. The van der Waals surface area contributed by atoms with E-state index in [0.29, 0.717) is 6.42 Å². The molecule has 0 saturated heterocycles. The minimum absolute atomic E-state index is 0.203. The predicted octanol–water partition coefficient (Wildman–Crippen LogP) is 3.42. The average molecular weight is 284 g/mol. The van der Waals surface area contributed by atoms with Crippen molar-refractivity contribution in [2.75, 3.05) is 0 Å². The lowest BCUT2D eigenvalue weighted by atomic mass is 9.80. The molecule has 0 bridgehead atoms. The average Bonchev–Trinajstić information content (AvgIpc) is 2.91. The van der Waals surface area contributed by atoms with Gasteiger partial charge >= 0.3 is 5.97 Å². The normalized spacial score (nSPS) is 26.9. The number of benzene rings is 1. The van der Waals surface area contributed by atoms with Crippen LogP contribution in [0, 0.1) is 5.92 Å². The largest absolute Gasteiger partial charge is 0.460 e. The van der Waals surface area contributed by atoms with Crippen LogP contribution in [0.2, 0.25) is 0 Å². The number of nitrogens with zero attached hydrogens (tertiary/aromatic N) is 2. The van der Waals surface area contributed by atoms with Gasteiger partial charge in [-0.25, -0.2) is 0 Å². The maximum absolute atomic E-state index is 12.6. The summed E-state index contributed by atoms with van der Waals surface area (Å²) < 4.78 is 5.60. The summed E-state index contributed by atoms with van der Waals surface area (Å²) in [5, 5.41) is 0. The van der Waals surface area contributed by atoms with Crippen molar-refractivity contribution in [3.05, 3.63) is 29.8 Å². The highest BCUT2D eigenvalue weighted by molar-refractivity contribution is 6.00. The second kappa shape index (κ2) is 4.52. The molecular weight excluding hydrogens is 264 g/mol. The smallest absolute Gasteiger partial charge is 0.313 e. The molecule has 4 heteroatoms. The van der Waals surface area contributed by atoms with E-state index in [1.165, 1.54) is 0 Å². The van der Waals surface area contributed by atoms with Crippen LogP contribution >= 0.6 is 0 Å². The molecule has 0 fully saturated rings. The molecule has 4 nitrogen and oxygen atoms in total. The van der Waals surface area contributed by atoms with Crippen LogP contribution in [0.5, 0.6) is 0 Å². The van der Waals surface area contributed by atoms with Crippen LogP contribution in [0.25, 0.3) is 0 Å². The number of rotatable bonds is 1. The van der Waals surface area contributed by atoms with Gasteiger partial charge in [0.05, 0.1) is 11.6 Å². The Balaban J connectivity index is 2.01. The second-order valence-corrected chi connectivity index (χ2v) is 6.74. The van der Waals surface area contributed by atoms with Crippen molar-refractivity contribution >= 4 is 23.6 Å². The first kappa shape index (κ1) is 14.0. The summed E-state index contributed by atoms with van der Waals surface area (Å²) in [6.45, 7) is 7.62. The molecule has 1 aromatic rings. The van der Waals surface area contributed by atoms with E-state index in [-0.39, 0.29) is 11.9 Å². The van der Waals surface area contributed by atoms with Crippen LogP contribution in [0.4, 0.5) is 5.69 Å². The van der Waals surface area contributed by atoms with Gasteiger partial charge in [-0.2, -0.15) is 0 Å². The fourth-order valence-electron chi connectivity index (χ4n) is 3.06. The summed E-state index contributed by atoms with van der Waals surface area (Å²) in [7, 11) is 0. The third-order valence-electron chi connectivity index (χ3n) is 3.83. The number of hydrogen-bond acceptors (Lipinski definition) is 4. The third-order valence-corrected chi connectivity index (χ3v) is 3.83. The molecule has 21 heavy (non-hydrogen) atoms. The zero-order valence-electron chi connectivity index (χ0n) is 12.9. The van der Waals surface area contributed by atoms with Gasteiger partial charge in [0.2, 0.25) is 0 Å². The molecule has 0 radical (unpaired) electrons. The predicted molar refractivity (Wildman–Crippen MR) is 83.3 cm³/mol. The van der Waals surface area contributed by atoms with Crippen molar-refractivity contribution < 1.29 is 9.53 Å². The Morgan fingerprint density at radius 2 is 2.05 bits per heavy atom. The van der Waals surface area contributed by atoms with Crippen LogP contribution in [-0.2, 0) is 15.1 Å². The quantitative estimate of drug-likeness (QED) is 0.742. The first-order valence-electron chi connectivity index (χ1n) is 7.25. The van der Waals surface area contributed by atoms with Crippen molar-refractivity contribution in [3.63, 3.8) is 0 Å². The molecule has 0 aliphatic carbocycles. The van der Waals surface area contributed by atoms with Crippen molar-refractivity contribution in [2.45, 2.75) is 45.3 Å². The highest BCUT2D eigenvalue weighted by atomic mass is 16.6. The first-order valence-corrected chi connectivity index (χ1v) is 7.25. The fraction of sp³-hybridized carbons (Fsp3) is 0.471. The van der Waals surface area contributed by atoms with Crippen LogP contribution in [0.15, 0.2) is 34.3 Å². The summed E-state index contributed by atoms with van der Waals surface area (Å²) in [6, 6.07) is 7.87. The fourth-order valence-corrected chi connectivity index (χ4v) is 3.06. The summed E-state index contributed by atoms with van der Waals surface area (Å²) >= 11 is 0. The number of carbonyl (C=O) groups is 1. The zero-order valence-corrected chi connectivity index (χ0v) is 12.9. The van der Waals surface area contributed by atoms with Crippen LogP contribution < -0.4 is 0 Å². The zero-order chi connectivity index (χ0) is 15.3. The van der Waals surface area contributed by atoms with Gasteiger partial charge < -0.3 is 4.74 Å². The molecule has 2 atom stereocenters. The van der Waals surface area contributed by atoms with E-state index in [1.807, 2.05) is 58.2 Å². The lowest BCUT2D eigenvalue weighted by molar-refractivity contribution is -0.160. The molecule has 2 heterocycles. The van der Waals surface area contributed by atoms with Gasteiger partial charge in [0.25, 0.3) is 0 Å². The molecule has 0 amide bonds. The van der Waals surface area contributed by atoms with E-state index in [1.54, 1.807) is 0 Å². The molecule has 3 rings (SSSR count). The number of hydrogen-bond donors (Lipinski definition) is 0. The molecular formula is C17H20N2O2. The van der Waals surface area contributed by atoms with Gasteiger partial charge in [-0.15, -0.1) is 0 Å². The number of carbonyl (C=O) groups excluding carboxylic acids is 1. The molecule has 2 aliphatic heterocycles. The standard InChI is InChI=1S/C17H20N2O2/c1-11-9-13(15(20)21-16(2,3)4)17(19-11)10-18-14-8-6-5-7-12(14)17/h5-8,10,13H,9H2,1-4H3. The second-order valence-electron chi connectivity index (χ2n) is 6.74. The third kappa shape index (κ3) is 2.28. The van der Waals surface area contributed by atoms with E-state index in [9.17, 15) is 4.79 Å². The maximum Gasteiger partial charge on any atom is 0.313 e. The lowest BCUT2D eigenvalue weighted by Gasteiger charge is -2.29. The van der Waals surface area contributed by atoms with Crippen LogP contribution in [-0.4, -0.2) is 23.5 Å². The van der Waals surface area contributed by atoms with Crippen molar-refractivity contribution in [1.29, 1.82) is 0 Å². The number of ether oxygens (including phenoxy) is 1. The highest BCUT2D eigenvalue weighted by Crippen LogP contribution is 2.48. The molecule has 2 unspecified atom stereocenters. The SMILES string of the molecule is CC1=NC2(C=Nc3ccccc32)C(C(=O)OC(C)(C)C)C1. The first-order chi connectivity index (χ1) is 9.82. The Kier molecular flexibility index (Phi) is 3.01. The summed E-state index contributed by atoms with van der Waals surface area (Å²) in [4.78, 5) is 21.8. The van der Waals surface area contributed by atoms with Crippen molar-refractivity contribution in [2.24, 2.45) is 15.9 Å². The Bertz CT molecular complexity index is 655. The molecule has 0 aromatic heterocycles. The van der Waals surface area contributed by atoms with Crippen LogP contribution in [0.1, 0.15) is 39.7 Å². The molecule has 110 valence electrons. The number of para-hydroxylation sites is 1. The molecule has 0 saturated carbocycles. The minimum Gasteiger partial charge on any atom is -0.460 e. The van der Waals surface area contributed by atoms with Gasteiger partial charge in [-0.05, 0) is 33.8 Å². The number of aliphatic imine (C=N–C) groups is 2. The van der Waals surface area contributed by atoms with Crippen molar-refractivity contribution in [1.82, 2.24) is 0 Å². The van der Waals surface area contributed by atoms with Gasteiger partial charge in [-0.1, -0.05) is 18.2 Å². The van der Waals surface area contributed by atoms with E-state index in [4.69, 9.17) is 9.73 Å². The summed E-state index contributed by atoms with van der Waals surface area (Å²) in [5.74, 6) is -0.532. The monoisotopic (exact) mass is 284 g/mol. The van der Waals surface area contributed by atoms with E-state index in [2.05, 4.69) is 4.99 Å². The van der Waals surface area contributed by atoms with E-state index < -0.39 is 11.1 Å². The Labute approximate surface area is 124 Å². The number of fused-ring (bicyclic) bond motifs is 2. The topological polar surface area (TPSA) is 51.0 Å². The van der Waals surface area contributed by atoms with Gasteiger partial charge in [-0.3, -0.25) is 14.8 Å². The Hall–Kier alpha value is -1.97. The van der Waals surface area contributed by atoms with Crippen molar-refractivity contribution in [3.8, 4) is 0 Å². The highest BCUT2D eigenvalue weighted by Gasteiger charge is 2.51. The van der Waals surface area contributed by atoms with Crippen LogP contribution in [0.3, 0.4) is 0 Å². The van der Waals surface area contributed by atoms with E-state index in [0.717, 1.165) is 17.0 Å². The molecule has 2 aliphatic rings.